The van der Waals surface area contributed by atoms with E-state index in [0.717, 1.165) is 31.6 Å². The predicted molar refractivity (Wildman–Crippen MR) is 78.3 cm³/mol. The van der Waals surface area contributed by atoms with Crippen LogP contribution in [0.4, 0.5) is 0 Å². The van der Waals surface area contributed by atoms with Crippen molar-refractivity contribution < 1.29 is 4.74 Å². The van der Waals surface area contributed by atoms with E-state index in [9.17, 15) is 0 Å². The summed E-state index contributed by atoms with van der Waals surface area (Å²) in [7, 11) is 0. The van der Waals surface area contributed by atoms with E-state index in [1.54, 1.807) is 0 Å². The monoisotopic (exact) mass is 240 g/mol. The van der Waals surface area contributed by atoms with Crippen molar-refractivity contribution in [3.8, 4) is 5.75 Å². The van der Waals surface area contributed by atoms with Crippen LogP contribution in [0.2, 0.25) is 0 Å². The Morgan fingerprint density at radius 2 is 2.00 bits per heavy atom. The third-order valence-electron chi connectivity index (χ3n) is 3.07. The lowest BCUT2D eigenvalue weighted by Crippen LogP contribution is -2.00. The van der Waals surface area contributed by atoms with Gasteiger partial charge in [0.2, 0.25) is 0 Å². The molecular formula is C17H20O. The van der Waals surface area contributed by atoms with Crippen molar-refractivity contribution in [2.24, 2.45) is 0 Å². The minimum Gasteiger partial charge on any atom is -0.493 e. The van der Waals surface area contributed by atoms with Gasteiger partial charge >= 0.3 is 0 Å². The molecular weight excluding hydrogens is 220 g/mol. The highest BCUT2D eigenvalue weighted by molar-refractivity contribution is 5.89. The zero-order chi connectivity index (χ0) is 12.8. The molecule has 0 atom stereocenters. The van der Waals surface area contributed by atoms with E-state index in [1.807, 2.05) is 6.08 Å². The van der Waals surface area contributed by atoms with E-state index in [-0.39, 0.29) is 0 Å². The van der Waals surface area contributed by atoms with Gasteiger partial charge in [-0.1, -0.05) is 55.8 Å². The molecule has 0 bridgehead atoms. The zero-order valence-corrected chi connectivity index (χ0v) is 11.0. The molecule has 0 N–H and O–H groups in total. The molecule has 0 heterocycles. The van der Waals surface area contributed by atoms with Crippen molar-refractivity contribution in [1.29, 1.82) is 0 Å². The summed E-state index contributed by atoms with van der Waals surface area (Å²) in [5, 5.41) is 2.43. The van der Waals surface area contributed by atoms with Crippen molar-refractivity contribution in [3.05, 3.63) is 54.6 Å². The molecule has 0 fully saturated rings. The Bertz CT molecular complexity index is 528. The van der Waals surface area contributed by atoms with E-state index < -0.39 is 0 Å². The average Bonchev–Trinajstić information content (AvgIpc) is 2.41. The summed E-state index contributed by atoms with van der Waals surface area (Å²) in [6.45, 7) is 6.78. The minimum atomic E-state index is 0.786. The molecule has 2 aromatic rings. The Labute approximate surface area is 109 Å². The molecule has 0 aromatic heterocycles. The maximum atomic E-state index is 6.00. The lowest BCUT2D eigenvalue weighted by Gasteiger charge is -2.13. The van der Waals surface area contributed by atoms with Gasteiger partial charge in [0.05, 0.1) is 6.61 Å². The maximum absolute atomic E-state index is 6.00. The SMILES string of the molecule is C=CCc1ccc2ccccc2c1OCCCC. The second kappa shape index (κ2) is 6.25. The normalized spacial score (nSPS) is 10.5. The number of rotatable bonds is 6. The summed E-state index contributed by atoms with van der Waals surface area (Å²) in [5.74, 6) is 1.03. The number of ether oxygens (including phenoxy) is 1. The van der Waals surface area contributed by atoms with Gasteiger partial charge in [-0.05, 0) is 23.8 Å². The number of hydrogen-bond acceptors (Lipinski definition) is 1. The Balaban J connectivity index is 2.41. The highest BCUT2D eigenvalue weighted by atomic mass is 16.5. The Kier molecular flexibility index (Phi) is 4.40. The van der Waals surface area contributed by atoms with Crippen LogP contribution in [-0.4, -0.2) is 6.61 Å². The molecule has 0 spiro atoms. The molecule has 94 valence electrons. The van der Waals surface area contributed by atoms with Gasteiger partial charge < -0.3 is 4.74 Å². The fourth-order valence-corrected chi connectivity index (χ4v) is 2.09. The second-order valence-corrected chi connectivity index (χ2v) is 4.47. The molecule has 0 saturated carbocycles. The van der Waals surface area contributed by atoms with Crippen LogP contribution in [0.1, 0.15) is 25.3 Å². The van der Waals surface area contributed by atoms with Crippen LogP contribution < -0.4 is 4.74 Å². The van der Waals surface area contributed by atoms with Crippen molar-refractivity contribution in [2.45, 2.75) is 26.2 Å². The van der Waals surface area contributed by atoms with Crippen molar-refractivity contribution in [3.63, 3.8) is 0 Å². The van der Waals surface area contributed by atoms with E-state index in [0.29, 0.717) is 0 Å². The maximum Gasteiger partial charge on any atom is 0.130 e. The summed E-state index contributed by atoms with van der Waals surface area (Å²) < 4.78 is 6.00. The molecule has 2 rings (SSSR count). The van der Waals surface area contributed by atoms with Gasteiger partial charge in [0.25, 0.3) is 0 Å². The lowest BCUT2D eigenvalue weighted by molar-refractivity contribution is 0.310. The van der Waals surface area contributed by atoms with Gasteiger partial charge in [-0.3, -0.25) is 0 Å². The first-order valence-corrected chi connectivity index (χ1v) is 6.61. The van der Waals surface area contributed by atoms with Crippen LogP contribution >= 0.6 is 0 Å². The van der Waals surface area contributed by atoms with Crippen molar-refractivity contribution >= 4 is 10.8 Å². The molecule has 1 heteroatoms. The molecule has 0 saturated heterocycles. The van der Waals surface area contributed by atoms with Gasteiger partial charge in [-0.25, -0.2) is 0 Å². The first-order chi connectivity index (χ1) is 8.86. The fraction of sp³-hybridized carbons (Fsp3) is 0.294. The molecule has 0 unspecified atom stereocenters. The third kappa shape index (κ3) is 2.73. The van der Waals surface area contributed by atoms with Crippen LogP contribution in [0.3, 0.4) is 0 Å². The molecule has 1 nitrogen and oxygen atoms in total. The van der Waals surface area contributed by atoms with Crippen LogP contribution in [-0.2, 0) is 6.42 Å². The van der Waals surface area contributed by atoms with Gasteiger partial charge in [-0.15, -0.1) is 6.58 Å². The number of hydrogen-bond donors (Lipinski definition) is 0. The molecule has 0 aliphatic rings. The molecule has 18 heavy (non-hydrogen) atoms. The quantitative estimate of drug-likeness (QED) is 0.523. The zero-order valence-electron chi connectivity index (χ0n) is 11.0. The number of fused-ring (bicyclic) bond motifs is 1. The number of unbranched alkanes of at least 4 members (excludes halogenated alkanes) is 1. The Hall–Kier alpha value is -1.76. The van der Waals surface area contributed by atoms with Crippen LogP contribution in [0.5, 0.6) is 5.75 Å². The standard InChI is InChI=1S/C17H20O/c1-3-5-13-18-17-15(8-4-2)12-11-14-9-6-7-10-16(14)17/h4,6-7,9-12H,2-3,5,8,13H2,1H3. The molecule has 0 radical (unpaired) electrons. The third-order valence-corrected chi connectivity index (χ3v) is 3.07. The van der Waals surface area contributed by atoms with Crippen LogP contribution in [0.15, 0.2) is 49.1 Å². The molecule has 2 aromatic carbocycles. The van der Waals surface area contributed by atoms with E-state index in [2.05, 4.69) is 49.9 Å². The first kappa shape index (κ1) is 12.7. The van der Waals surface area contributed by atoms with Gasteiger partial charge in [0, 0.05) is 5.39 Å². The van der Waals surface area contributed by atoms with Crippen LogP contribution in [0, 0.1) is 0 Å². The van der Waals surface area contributed by atoms with E-state index >= 15 is 0 Å². The summed E-state index contributed by atoms with van der Waals surface area (Å²) in [6, 6.07) is 12.7. The minimum absolute atomic E-state index is 0.786. The largest absolute Gasteiger partial charge is 0.493 e. The van der Waals surface area contributed by atoms with Crippen molar-refractivity contribution in [2.75, 3.05) is 6.61 Å². The van der Waals surface area contributed by atoms with Crippen LogP contribution in [0.25, 0.3) is 10.8 Å². The molecule has 0 amide bonds. The molecule has 0 aliphatic carbocycles. The highest BCUT2D eigenvalue weighted by Crippen LogP contribution is 2.30. The Morgan fingerprint density at radius 1 is 1.17 bits per heavy atom. The number of allylic oxidation sites excluding steroid dienone is 1. The fourth-order valence-electron chi connectivity index (χ4n) is 2.09. The predicted octanol–water partition coefficient (Wildman–Crippen LogP) is 4.75. The summed E-state index contributed by atoms with van der Waals surface area (Å²) in [5.41, 5.74) is 1.22. The van der Waals surface area contributed by atoms with E-state index in [4.69, 9.17) is 4.74 Å². The summed E-state index contributed by atoms with van der Waals surface area (Å²) in [4.78, 5) is 0. The average molecular weight is 240 g/mol. The lowest BCUT2D eigenvalue weighted by atomic mass is 10.0. The second-order valence-electron chi connectivity index (χ2n) is 4.47. The molecule has 0 aliphatic heterocycles. The summed E-state index contributed by atoms with van der Waals surface area (Å²) >= 11 is 0. The summed E-state index contributed by atoms with van der Waals surface area (Å²) in [6.07, 6.45) is 5.03. The van der Waals surface area contributed by atoms with Gasteiger partial charge in [0.1, 0.15) is 5.75 Å². The Morgan fingerprint density at radius 3 is 2.78 bits per heavy atom. The first-order valence-electron chi connectivity index (χ1n) is 6.61. The van der Waals surface area contributed by atoms with Gasteiger partial charge in [-0.2, -0.15) is 0 Å². The smallest absolute Gasteiger partial charge is 0.130 e. The topological polar surface area (TPSA) is 9.23 Å². The highest BCUT2D eigenvalue weighted by Gasteiger charge is 2.07. The van der Waals surface area contributed by atoms with Gasteiger partial charge in [0.15, 0.2) is 0 Å². The number of benzene rings is 2. The van der Waals surface area contributed by atoms with Crippen molar-refractivity contribution in [1.82, 2.24) is 0 Å². The van der Waals surface area contributed by atoms with E-state index in [1.165, 1.54) is 16.3 Å².